The molecule has 4 nitrogen and oxygen atoms in total. The quantitative estimate of drug-likeness (QED) is 0.869. The van der Waals surface area contributed by atoms with E-state index in [1.807, 2.05) is 18.3 Å². The van der Waals surface area contributed by atoms with Crippen molar-refractivity contribution in [3.63, 3.8) is 0 Å². The molecule has 2 atom stereocenters. The Morgan fingerprint density at radius 3 is 2.90 bits per heavy atom. The van der Waals surface area contributed by atoms with Gasteiger partial charge in [-0.1, -0.05) is 13.8 Å². The van der Waals surface area contributed by atoms with Crippen LogP contribution in [0.15, 0.2) is 18.3 Å². The van der Waals surface area contributed by atoms with Gasteiger partial charge in [0.1, 0.15) is 6.10 Å². The van der Waals surface area contributed by atoms with Gasteiger partial charge >= 0.3 is 0 Å². The van der Waals surface area contributed by atoms with Gasteiger partial charge in [-0.3, -0.25) is 0 Å². The zero-order chi connectivity index (χ0) is 14.4. The molecule has 0 aliphatic heterocycles. The molecule has 0 radical (unpaired) electrons. The van der Waals surface area contributed by atoms with Crippen molar-refractivity contribution in [3.8, 4) is 5.88 Å². The van der Waals surface area contributed by atoms with Crippen LogP contribution in [0.1, 0.15) is 45.1 Å². The zero-order valence-corrected chi connectivity index (χ0v) is 12.8. The zero-order valence-electron chi connectivity index (χ0n) is 12.8. The summed E-state index contributed by atoms with van der Waals surface area (Å²) in [4.78, 5) is 4.32. The molecule has 1 aromatic heterocycles. The molecule has 0 saturated heterocycles. The van der Waals surface area contributed by atoms with Crippen molar-refractivity contribution in [2.24, 2.45) is 0 Å². The van der Waals surface area contributed by atoms with Crippen LogP contribution in [0, 0.1) is 0 Å². The van der Waals surface area contributed by atoms with E-state index in [1.165, 1.54) is 5.56 Å². The average molecular weight is 278 g/mol. The number of pyridine rings is 1. The molecule has 20 heavy (non-hydrogen) atoms. The first-order chi connectivity index (χ1) is 9.67. The average Bonchev–Trinajstić information content (AvgIpc) is 2.46. The Morgan fingerprint density at radius 1 is 1.35 bits per heavy atom. The second-order valence-electron chi connectivity index (χ2n) is 5.80. The van der Waals surface area contributed by atoms with Gasteiger partial charge in [0.05, 0.1) is 6.10 Å². The second kappa shape index (κ2) is 7.60. The number of methoxy groups -OCH3 is 1. The highest BCUT2D eigenvalue weighted by Crippen LogP contribution is 2.24. The third-order valence-corrected chi connectivity index (χ3v) is 3.71. The number of nitrogens with one attached hydrogen (secondary N) is 1. The molecular formula is C16H26N2O2. The van der Waals surface area contributed by atoms with E-state index in [0.717, 1.165) is 38.1 Å². The van der Waals surface area contributed by atoms with Gasteiger partial charge in [0.25, 0.3) is 0 Å². The molecule has 112 valence electrons. The Morgan fingerprint density at radius 2 is 2.15 bits per heavy atom. The van der Waals surface area contributed by atoms with E-state index < -0.39 is 0 Å². The van der Waals surface area contributed by atoms with Crippen LogP contribution in [-0.2, 0) is 11.3 Å². The Hall–Kier alpha value is -1.13. The Balaban J connectivity index is 1.90. The summed E-state index contributed by atoms with van der Waals surface area (Å²) >= 11 is 0. The van der Waals surface area contributed by atoms with Crippen LogP contribution in [-0.4, -0.2) is 30.3 Å². The van der Waals surface area contributed by atoms with Crippen LogP contribution in [0.5, 0.6) is 5.88 Å². The summed E-state index contributed by atoms with van der Waals surface area (Å²) in [5.74, 6) is 0.731. The SMILES string of the molecule is COC1CCCC(Oc2cc(CNC(C)C)ccn2)C1. The number of ether oxygens (including phenoxy) is 2. The van der Waals surface area contributed by atoms with Gasteiger partial charge in [0, 0.05) is 38.4 Å². The summed E-state index contributed by atoms with van der Waals surface area (Å²) in [7, 11) is 1.78. The standard InChI is InChI=1S/C16H26N2O2/c1-12(2)18-11-13-7-8-17-16(9-13)20-15-6-4-5-14(10-15)19-3/h7-9,12,14-15,18H,4-6,10-11H2,1-3H3. The maximum Gasteiger partial charge on any atom is 0.213 e. The lowest BCUT2D eigenvalue weighted by molar-refractivity contribution is 0.0195. The van der Waals surface area contributed by atoms with Crippen LogP contribution in [0.3, 0.4) is 0 Å². The van der Waals surface area contributed by atoms with Crippen LogP contribution in [0.2, 0.25) is 0 Å². The van der Waals surface area contributed by atoms with Crippen LogP contribution >= 0.6 is 0 Å². The summed E-state index contributed by atoms with van der Waals surface area (Å²) in [6.07, 6.45) is 6.75. The van der Waals surface area contributed by atoms with Crippen molar-refractivity contribution < 1.29 is 9.47 Å². The van der Waals surface area contributed by atoms with Gasteiger partial charge in [0.15, 0.2) is 0 Å². The highest BCUT2D eigenvalue weighted by Gasteiger charge is 2.23. The molecule has 0 bridgehead atoms. The van der Waals surface area contributed by atoms with Crippen molar-refractivity contribution in [3.05, 3.63) is 23.9 Å². The molecule has 2 unspecified atom stereocenters. The Bertz CT molecular complexity index is 409. The topological polar surface area (TPSA) is 43.4 Å². The number of aromatic nitrogens is 1. The first-order valence-electron chi connectivity index (χ1n) is 7.55. The predicted octanol–water partition coefficient (Wildman–Crippen LogP) is 2.92. The summed E-state index contributed by atoms with van der Waals surface area (Å²) in [5, 5.41) is 3.41. The minimum Gasteiger partial charge on any atom is -0.474 e. The molecule has 1 aliphatic carbocycles. The van der Waals surface area contributed by atoms with E-state index >= 15 is 0 Å². The van der Waals surface area contributed by atoms with Crippen molar-refractivity contribution in [1.82, 2.24) is 10.3 Å². The minimum absolute atomic E-state index is 0.231. The van der Waals surface area contributed by atoms with Crippen molar-refractivity contribution >= 4 is 0 Å². The molecule has 1 aliphatic rings. The maximum absolute atomic E-state index is 6.02. The van der Waals surface area contributed by atoms with Crippen molar-refractivity contribution in [2.45, 2.75) is 64.3 Å². The largest absolute Gasteiger partial charge is 0.474 e. The lowest BCUT2D eigenvalue weighted by Crippen LogP contribution is -2.29. The third-order valence-electron chi connectivity index (χ3n) is 3.71. The molecule has 1 N–H and O–H groups in total. The number of hydrogen-bond acceptors (Lipinski definition) is 4. The van der Waals surface area contributed by atoms with Crippen LogP contribution < -0.4 is 10.1 Å². The predicted molar refractivity (Wildman–Crippen MR) is 79.9 cm³/mol. The smallest absolute Gasteiger partial charge is 0.213 e. The van der Waals surface area contributed by atoms with Crippen LogP contribution in [0.25, 0.3) is 0 Å². The fourth-order valence-electron chi connectivity index (χ4n) is 2.54. The second-order valence-corrected chi connectivity index (χ2v) is 5.80. The summed E-state index contributed by atoms with van der Waals surface area (Å²) in [6, 6.07) is 4.54. The molecule has 1 saturated carbocycles. The Labute approximate surface area is 121 Å². The van der Waals surface area contributed by atoms with E-state index in [9.17, 15) is 0 Å². The lowest BCUT2D eigenvalue weighted by Gasteiger charge is -2.28. The molecule has 2 rings (SSSR count). The molecule has 1 heterocycles. The Kier molecular flexibility index (Phi) is 5.80. The fraction of sp³-hybridized carbons (Fsp3) is 0.688. The van der Waals surface area contributed by atoms with E-state index in [4.69, 9.17) is 9.47 Å². The van der Waals surface area contributed by atoms with Crippen molar-refractivity contribution in [2.75, 3.05) is 7.11 Å². The van der Waals surface area contributed by atoms with Crippen LogP contribution in [0.4, 0.5) is 0 Å². The first-order valence-corrected chi connectivity index (χ1v) is 7.55. The molecule has 1 aromatic rings. The molecule has 0 spiro atoms. The fourth-order valence-corrected chi connectivity index (χ4v) is 2.54. The normalized spacial score (nSPS) is 23.0. The minimum atomic E-state index is 0.231. The molecule has 0 amide bonds. The maximum atomic E-state index is 6.02. The highest BCUT2D eigenvalue weighted by atomic mass is 16.5. The van der Waals surface area contributed by atoms with E-state index in [0.29, 0.717) is 12.1 Å². The summed E-state index contributed by atoms with van der Waals surface area (Å²) in [5.41, 5.74) is 1.21. The number of rotatable bonds is 6. The van der Waals surface area contributed by atoms with Gasteiger partial charge in [0.2, 0.25) is 5.88 Å². The van der Waals surface area contributed by atoms with Gasteiger partial charge in [-0.2, -0.15) is 0 Å². The highest BCUT2D eigenvalue weighted by molar-refractivity contribution is 5.20. The molecule has 4 heteroatoms. The van der Waals surface area contributed by atoms with Gasteiger partial charge in [-0.25, -0.2) is 4.98 Å². The summed E-state index contributed by atoms with van der Waals surface area (Å²) in [6.45, 7) is 5.14. The monoisotopic (exact) mass is 278 g/mol. The van der Waals surface area contributed by atoms with Gasteiger partial charge in [-0.15, -0.1) is 0 Å². The van der Waals surface area contributed by atoms with E-state index in [2.05, 4.69) is 24.1 Å². The van der Waals surface area contributed by atoms with Gasteiger partial charge in [-0.05, 0) is 30.9 Å². The lowest BCUT2D eigenvalue weighted by atomic mass is 9.95. The third kappa shape index (κ3) is 4.76. The number of nitrogens with zero attached hydrogens (tertiary/aromatic N) is 1. The molecule has 1 fully saturated rings. The summed E-state index contributed by atoms with van der Waals surface area (Å²) < 4.78 is 11.5. The van der Waals surface area contributed by atoms with Gasteiger partial charge < -0.3 is 14.8 Å². The number of hydrogen-bond donors (Lipinski definition) is 1. The van der Waals surface area contributed by atoms with Crippen molar-refractivity contribution in [1.29, 1.82) is 0 Å². The molecule has 0 aromatic carbocycles. The van der Waals surface area contributed by atoms with E-state index in [1.54, 1.807) is 7.11 Å². The van der Waals surface area contributed by atoms with E-state index in [-0.39, 0.29) is 6.10 Å². The first kappa shape index (κ1) is 15.3. The molecular weight excluding hydrogens is 252 g/mol.